The maximum atomic E-state index is 13.0. The van der Waals surface area contributed by atoms with Gasteiger partial charge in [0, 0.05) is 11.8 Å². The standard InChI is InChI=1S/C20H29FO2/c1-2-3-4-15-13-22-20(23-14-15)18-7-5-16(6-8-18)17-9-11-19(21)12-10-17/h9-12,15-16,18,20H,2-8,13-14H2,1H3. The molecule has 0 N–H and O–H groups in total. The van der Waals surface area contributed by atoms with Gasteiger partial charge in [-0.1, -0.05) is 31.9 Å². The molecule has 0 unspecified atom stereocenters. The quantitative estimate of drug-likeness (QED) is 0.735. The summed E-state index contributed by atoms with van der Waals surface area (Å²) in [6.07, 6.45) is 8.33. The summed E-state index contributed by atoms with van der Waals surface area (Å²) in [5.41, 5.74) is 1.27. The van der Waals surface area contributed by atoms with Crippen LogP contribution in [0.3, 0.4) is 0 Å². The van der Waals surface area contributed by atoms with Crippen molar-refractivity contribution < 1.29 is 13.9 Å². The van der Waals surface area contributed by atoms with Crippen LogP contribution >= 0.6 is 0 Å². The Morgan fingerprint density at radius 3 is 2.26 bits per heavy atom. The summed E-state index contributed by atoms with van der Waals surface area (Å²) in [7, 11) is 0. The number of benzene rings is 1. The molecule has 1 saturated carbocycles. The molecule has 3 rings (SSSR count). The lowest BCUT2D eigenvalue weighted by Crippen LogP contribution is -2.38. The van der Waals surface area contributed by atoms with Gasteiger partial charge in [0.05, 0.1) is 13.2 Å². The maximum Gasteiger partial charge on any atom is 0.160 e. The van der Waals surface area contributed by atoms with E-state index in [4.69, 9.17) is 9.47 Å². The van der Waals surface area contributed by atoms with E-state index in [-0.39, 0.29) is 12.1 Å². The van der Waals surface area contributed by atoms with Crippen LogP contribution in [0, 0.1) is 17.7 Å². The van der Waals surface area contributed by atoms with Crippen LogP contribution in [0.25, 0.3) is 0 Å². The van der Waals surface area contributed by atoms with Crippen LogP contribution in [0.5, 0.6) is 0 Å². The van der Waals surface area contributed by atoms with E-state index in [1.165, 1.54) is 24.8 Å². The first kappa shape index (κ1) is 16.9. The molecule has 1 saturated heterocycles. The van der Waals surface area contributed by atoms with Crippen molar-refractivity contribution in [1.29, 1.82) is 0 Å². The highest BCUT2D eigenvalue weighted by Crippen LogP contribution is 2.39. The fraction of sp³-hybridized carbons (Fsp3) is 0.700. The van der Waals surface area contributed by atoms with Crippen molar-refractivity contribution in [2.45, 2.75) is 64.1 Å². The Morgan fingerprint density at radius 1 is 1.00 bits per heavy atom. The van der Waals surface area contributed by atoms with E-state index in [1.807, 2.05) is 12.1 Å². The molecule has 0 aromatic heterocycles. The Balaban J connectivity index is 1.43. The summed E-state index contributed by atoms with van der Waals surface area (Å²) in [4.78, 5) is 0. The van der Waals surface area contributed by atoms with Crippen molar-refractivity contribution in [3.63, 3.8) is 0 Å². The van der Waals surface area contributed by atoms with E-state index >= 15 is 0 Å². The van der Waals surface area contributed by atoms with Crippen molar-refractivity contribution in [2.24, 2.45) is 11.8 Å². The molecule has 2 aliphatic rings. The van der Waals surface area contributed by atoms with Gasteiger partial charge in [-0.05, 0) is 55.7 Å². The zero-order chi connectivity index (χ0) is 16.1. The molecule has 1 aromatic rings. The highest BCUT2D eigenvalue weighted by molar-refractivity contribution is 5.20. The Kier molecular flexibility index (Phi) is 6.07. The normalized spacial score (nSPS) is 31.9. The molecule has 1 heterocycles. The molecule has 1 aliphatic carbocycles. The Morgan fingerprint density at radius 2 is 1.65 bits per heavy atom. The van der Waals surface area contributed by atoms with Gasteiger partial charge >= 0.3 is 0 Å². The average molecular weight is 320 g/mol. The molecule has 2 fully saturated rings. The molecule has 23 heavy (non-hydrogen) atoms. The minimum absolute atomic E-state index is 0.00189. The van der Waals surface area contributed by atoms with Gasteiger partial charge in [0.25, 0.3) is 0 Å². The monoisotopic (exact) mass is 320 g/mol. The molecule has 3 heteroatoms. The largest absolute Gasteiger partial charge is 0.352 e. The molecule has 128 valence electrons. The van der Waals surface area contributed by atoms with Crippen LogP contribution in [0.2, 0.25) is 0 Å². The van der Waals surface area contributed by atoms with E-state index in [0.717, 1.165) is 38.9 Å². The van der Waals surface area contributed by atoms with Crippen LogP contribution in [0.1, 0.15) is 63.4 Å². The lowest BCUT2D eigenvalue weighted by molar-refractivity contribution is -0.229. The Labute approximate surface area is 139 Å². The fourth-order valence-electron chi connectivity index (χ4n) is 3.95. The van der Waals surface area contributed by atoms with Gasteiger partial charge in [0.2, 0.25) is 0 Å². The van der Waals surface area contributed by atoms with Crippen LogP contribution in [0.15, 0.2) is 24.3 Å². The third-order valence-electron chi connectivity index (χ3n) is 5.46. The third-order valence-corrected chi connectivity index (χ3v) is 5.46. The molecule has 1 aromatic carbocycles. The first-order chi connectivity index (χ1) is 11.3. The minimum Gasteiger partial charge on any atom is -0.352 e. The van der Waals surface area contributed by atoms with Gasteiger partial charge in [-0.15, -0.1) is 0 Å². The van der Waals surface area contributed by atoms with Crippen molar-refractivity contribution in [3.8, 4) is 0 Å². The number of rotatable bonds is 5. The summed E-state index contributed by atoms with van der Waals surface area (Å²) in [6, 6.07) is 7.02. The Bertz CT molecular complexity index is 457. The second-order valence-corrected chi connectivity index (χ2v) is 7.21. The van der Waals surface area contributed by atoms with Crippen molar-refractivity contribution in [1.82, 2.24) is 0 Å². The SMILES string of the molecule is CCCCC1COC(C2CCC(c3ccc(F)cc3)CC2)OC1. The highest BCUT2D eigenvalue weighted by atomic mass is 19.1. The van der Waals surface area contributed by atoms with Crippen LogP contribution in [0.4, 0.5) is 4.39 Å². The van der Waals surface area contributed by atoms with Crippen molar-refractivity contribution in [2.75, 3.05) is 13.2 Å². The molecular formula is C20H29FO2. The second-order valence-electron chi connectivity index (χ2n) is 7.21. The lowest BCUT2D eigenvalue weighted by atomic mass is 9.78. The maximum absolute atomic E-state index is 13.0. The molecule has 2 nitrogen and oxygen atoms in total. The fourth-order valence-corrected chi connectivity index (χ4v) is 3.95. The summed E-state index contributed by atoms with van der Waals surface area (Å²) in [5, 5.41) is 0. The van der Waals surface area contributed by atoms with Gasteiger partial charge < -0.3 is 9.47 Å². The number of halogens is 1. The molecule has 0 spiro atoms. The smallest absolute Gasteiger partial charge is 0.160 e. The Hall–Kier alpha value is -0.930. The predicted molar refractivity (Wildman–Crippen MR) is 89.8 cm³/mol. The molecule has 1 aliphatic heterocycles. The van der Waals surface area contributed by atoms with E-state index in [9.17, 15) is 4.39 Å². The van der Waals surface area contributed by atoms with Crippen molar-refractivity contribution in [3.05, 3.63) is 35.6 Å². The number of unbranched alkanes of at least 4 members (excludes halogenated alkanes) is 1. The van der Waals surface area contributed by atoms with Gasteiger partial charge in [-0.25, -0.2) is 4.39 Å². The first-order valence-corrected chi connectivity index (χ1v) is 9.25. The van der Waals surface area contributed by atoms with E-state index < -0.39 is 0 Å². The second kappa shape index (κ2) is 8.25. The first-order valence-electron chi connectivity index (χ1n) is 9.25. The zero-order valence-electron chi connectivity index (χ0n) is 14.2. The van der Waals surface area contributed by atoms with Gasteiger partial charge in [-0.2, -0.15) is 0 Å². The average Bonchev–Trinajstić information content (AvgIpc) is 2.61. The number of hydrogen-bond donors (Lipinski definition) is 0. The van der Waals surface area contributed by atoms with E-state index in [0.29, 0.717) is 17.8 Å². The number of hydrogen-bond acceptors (Lipinski definition) is 2. The van der Waals surface area contributed by atoms with Crippen LogP contribution < -0.4 is 0 Å². The van der Waals surface area contributed by atoms with Crippen molar-refractivity contribution >= 4 is 0 Å². The summed E-state index contributed by atoms with van der Waals surface area (Å²) in [6.45, 7) is 3.96. The van der Waals surface area contributed by atoms with Gasteiger partial charge in [0.15, 0.2) is 6.29 Å². The molecule has 0 amide bonds. The molecule has 0 atom stereocenters. The predicted octanol–water partition coefficient (Wildman–Crippen LogP) is 5.28. The number of ether oxygens (including phenoxy) is 2. The van der Waals surface area contributed by atoms with Crippen LogP contribution in [-0.4, -0.2) is 19.5 Å². The zero-order valence-corrected chi connectivity index (χ0v) is 14.2. The minimum atomic E-state index is -0.149. The highest BCUT2D eigenvalue weighted by Gasteiger charge is 2.32. The molecule has 0 radical (unpaired) electrons. The summed E-state index contributed by atoms with van der Waals surface area (Å²) < 4.78 is 25.1. The summed E-state index contributed by atoms with van der Waals surface area (Å²) in [5.74, 6) is 1.53. The van der Waals surface area contributed by atoms with E-state index in [2.05, 4.69) is 6.92 Å². The van der Waals surface area contributed by atoms with E-state index in [1.54, 1.807) is 12.1 Å². The van der Waals surface area contributed by atoms with Crippen LogP contribution in [-0.2, 0) is 9.47 Å². The summed E-state index contributed by atoms with van der Waals surface area (Å²) >= 11 is 0. The topological polar surface area (TPSA) is 18.5 Å². The lowest BCUT2D eigenvalue weighted by Gasteiger charge is -2.37. The van der Waals surface area contributed by atoms with Gasteiger partial charge in [-0.3, -0.25) is 0 Å². The van der Waals surface area contributed by atoms with Gasteiger partial charge in [0.1, 0.15) is 5.82 Å². The molecule has 0 bridgehead atoms. The molecular weight excluding hydrogens is 291 g/mol. The third kappa shape index (κ3) is 4.54.